The molecule has 72 valence electrons. The Morgan fingerprint density at radius 1 is 1.38 bits per heavy atom. The predicted octanol–water partition coefficient (Wildman–Crippen LogP) is 1.72. The van der Waals surface area contributed by atoms with Crippen LogP contribution in [0, 0.1) is 13.8 Å². The van der Waals surface area contributed by atoms with Crippen LogP contribution in [0.15, 0.2) is 4.90 Å². The Morgan fingerprint density at radius 3 is 2.23 bits per heavy atom. The highest BCUT2D eigenvalue weighted by molar-refractivity contribution is 7.80. The zero-order valence-electron chi connectivity index (χ0n) is 8.21. The molecule has 0 saturated heterocycles. The molecule has 1 aromatic heterocycles. The third-order valence-corrected chi connectivity index (χ3v) is 2.88. The highest BCUT2D eigenvalue weighted by atomic mass is 32.1. The summed E-state index contributed by atoms with van der Waals surface area (Å²) in [7, 11) is 3.27. The van der Waals surface area contributed by atoms with E-state index in [9.17, 15) is 4.79 Å². The summed E-state index contributed by atoms with van der Waals surface area (Å²) in [6.45, 7) is 3.79. The number of carbonyl (C=O) groups excluding carboxylic acids is 1. The van der Waals surface area contributed by atoms with Crippen molar-refractivity contribution in [2.24, 2.45) is 7.05 Å². The fourth-order valence-electron chi connectivity index (χ4n) is 1.28. The molecule has 0 radical (unpaired) electrons. The van der Waals surface area contributed by atoms with Gasteiger partial charge < -0.3 is 9.30 Å². The van der Waals surface area contributed by atoms with E-state index in [0.717, 1.165) is 11.4 Å². The maximum atomic E-state index is 11.3. The highest BCUT2D eigenvalue weighted by Gasteiger charge is 2.19. The number of ether oxygens (including phenoxy) is 1. The molecule has 0 aromatic carbocycles. The fourth-order valence-corrected chi connectivity index (χ4v) is 1.68. The van der Waals surface area contributed by atoms with Crippen molar-refractivity contribution in [3.05, 3.63) is 17.0 Å². The number of nitrogens with zero attached hydrogens (tertiary/aromatic N) is 1. The minimum atomic E-state index is -0.328. The van der Waals surface area contributed by atoms with E-state index >= 15 is 0 Å². The minimum Gasteiger partial charge on any atom is -0.465 e. The van der Waals surface area contributed by atoms with E-state index in [-0.39, 0.29) is 5.97 Å². The number of thiol groups is 1. The van der Waals surface area contributed by atoms with Crippen molar-refractivity contribution in [1.29, 1.82) is 0 Å². The quantitative estimate of drug-likeness (QED) is 0.551. The summed E-state index contributed by atoms with van der Waals surface area (Å²) in [6.07, 6.45) is 0. The lowest BCUT2D eigenvalue weighted by atomic mass is 10.2. The van der Waals surface area contributed by atoms with Gasteiger partial charge >= 0.3 is 5.97 Å². The number of hydrogen-bond donors (Lipinski definition) is 1. The van der Waals surface area contributed by atoms with Gasteiger partial charge in [0.2, 0.25) is 0 Å². The molecule has 1 aromatic rings. The average molecular weight is 199 g/mol. The second-order valence-electron chi connectivity index (χ2n) is 2.95. The van der Waals surface area contributed by atoms with Crippen molar-refractivity contribution in [2.75, 3.05) is 7.11 Å². The van der Waals surface area contributed by atoms with E-state index in [1.54, 1.807) is 0 Å². The third kappa shape index (κ3) is 1.46. The van der Waals surface area contributed by atoms with Crippen molar-refractivity contribution < 1.29 is 9.53 Å². The molecule has 0 N–H and O–H groups in total. The molecule has 0 amide bonds. The molecule has 0 fully saturated rings. The second-order valence-corrected chi connectivity index (χ2v) is 3.39. The fraction of sp³-hybridized carbons (Fsp3) is 0.444. The monoisotopic (exact) mass is 199 g/mol. The van der Waals surface area contributed by atoms with Crippen LogP contribution in [0.1, 0.15) is 21.7 Å². The summed E-state index contributed by atoms with van der Waals surface area (Å²) >= 11 is 4.27. The van der Waals surface area contributed by atoms with E-state index in [1.807, 2.05) is 25.5 Å². The van der Waals surface area contributed by atoms with Crippen molar-refractivity contribution in [1.82, 2.24) is 4.57 Å². The number of aromatic nitrogens is 1. The van der Waals surface area contributed by atoms with Crippen molar-refractivity contribution in [2.45, 2.75) is 18.7 Å². The molecule has 1 heterocycles. The lowest BCUT2D eigenvalue weighted by Crippen LogP contribution is -2.03. The van der Waals surface area contributed by atoms with Gasteiger partial charge in [0, 0.05) is 23.3 Å². The van der Waals surface area contributed by atoms with Crippen LogP contribution >= 0.6 is 12.6 Å². The summed E-state index contributed by atoms with van der Waals surface area (Å²) in [5.74, 6) is -0.328. The maximum absolute atomic E-state index is 11.3. The normalized spacial score (nSPS) is 10.2. The standard InChI is InChI=1S/C9H13NO2S/c1-5-7(9(11)12-4)8(13)6(2)10(5)3/h13H,1-4H3. The number of carbonyl (C=O) groups is 1. The van der Waals surface area contributed by atoms with E-state index in [2.05, 4.69) is 17.4 Å². The van der Waals surface area contributed by atoms with Gasteiger partial charge in [-0.3, -0.25) is 0 Å². The molecule has 3 nitrogen and oxygen atoms in total. The van der Waals surface area contributed by atoms with E-state index < -0.39 is 0 Å². The molecule has 4 heteroatoms. The number of esters is 1. The Morgan fingerprint density at radius 2 is 1.92 bits per heavy atom. The first-order valence-electron chi connectivity index (χ1n) is 3.93. The van der Waals surface area contributed by atoms with Crippen LogP contribution in [0.2, 0.25) is 0 Å². The zero-order chi connectivity index (χ0) is 10.2. The number of hydrogen-bond acceptors (Lipinski definition) is 3. The summed E-state index contributed by atoms with van der Waals surface area (Å²) in [4.78, 5) is 12.0. The van der Waals surface area contributed by atoms with Crippen LogP contribution in [0.5, 0.6) is 0 Å². The van der Waals surface area contributed by atoms with Crippen LogP contribution in [0.3, 0.4) is 0 Å². The van der Waals surface area contributed by atoms with Crippen LogP contribution in [0.25, 0.3) is 0 Å². The highest BCUT2D eigenvalue weighted by Crippen LogP contribution is 2.24. The molecule has 0 saturated carbocycles. The van der Waals surface area contributed by atoms with Crippen molar-refractivity contribution in [3.63, 3.8) is 0 Å². The third-order valence-electron chi connectivity index (χ3n) is 2.34. The topological polar surface area (TPSA) is 31.2 Å². The van der Waals surface area contributed by atoms with Crippen LogP contribution < -0.4 is 0 Å². The molecule has 0 spiro atoms. The number of methoxy groups -OCH3 is 1. The smallest absolute Gasteiger partial charge is 0.340 e. The Balaban J connectivity index is 3.37. The molecule has 0 aliphatic heterocycles. The Labute approximate surface area is 83.1 Å². The molecule has 13 heavy (non-hydrogen) atoms. The largest absolute Gasteiger partial charge is 0.465 e. The van der Waals surface area contributed by atoms with Gasteiger partial charge in [0.05, 0.1) is 12.7 Å². The zero-order valence-corrected chi connectivity index (χ0v) is 9.11. The van der Waals surface area contributed by atoms with E-state index in [1.165, 1.54) is 7.11 Å². The first-order chi connectivity index (χ1) is 6.00. The summed E-state index contributed by atoms with van der Waals surface area (Å²) < 4.78 is 6.59. The Bertz CT molecular complexity index is 329. The van der Waals surface area contributed by atoms with Gasteiger partial charge in [-0.2, -0.15) is 0 Å². The van der Waals surface area contributed by atoms with Gasteiger partial charge in [-0.15, -0.1) is 12.6 Å². The molecule has 0 unspecified atom stereocenters. The van der Waals surface area contributed by atoms with Gasteiger partial charge in [-0.1, -0.05) is 0 Å². The van der Waals surface area contributed by atoms with Gasteiger partial charge in [0.25, 0.3) is 0 Å². The van der Waals surface area contributed by atoms with Crippen LogP contribution in [-0.4, -0.2) is 17.6 Å². The number of rotatable bonds is 1. The van der Waals surface area contributed by atoms with Crippen molar-refractivity contribution in [3.8, 4) is 0 Å². The second kappa shape index (κ2) is 3.46. The van der Waals surface area contributed by atoms with Crippen LogP contribution in [0.4, 0.5) is 0 Å². The van der Waals surface area contributed by atoms with Gasteiger partial charge in [0.1, 0.15) is 0 Å². The minimum absolute atomic E-state index is 0.328. The first-order valence-corrected chi connectivity index (χ1v) is 4.38. The first kappa shape index (κ1) is 10.2. The Kier molecular flexibility index (Phi) is 2.71. The van der Waals surface area contributed by atoms with Crippen molar-refractivity contribution >= 4 is 18.6 Å². The lowest BCUT2D eigenvalue weighted by molar-refractivity contribution is 0.0596. The molecule has 0 atom stereocenters. The molecule has 1 rings (SSSR count). The average Bonchev–Trinajstić information content (AvgIpc) is 2.30. The van der Waals surface area contributed by atoms with E-state index in [0.29, 0.717) is 10.5 Å². The van der Waals surface area contributed by atoms with E-state index in [4.69, 9.17) is 0 Å². The summed E-state index contributed by atoms with van der Waals surface area (Å²) in [6, 6.07) is 0. The summed E-state index contributed by atoms with van der Waals surface area (Å²) in [5, 5.41) is 0. The summed E-state index contributed by atoms with van der Waals surface area (Å²) in [5.41, 5.74) is 2.42. The Hall–Kier alpha value is -0.900. The molecule has 0 aliphatic rings. The predicted molar refractivity (Wildman–Crippen MR) is 53.5 cm³/mol. The van der Waals surface area contributed by atoms with Gasteiger partial charge in [0.15, 0.2) is 0 Å². The van der Waals surface area contributed by atoms with Gasteiger partial charge in [-0.05, 0) is 13.8 Å². The van der Waals surface area contributed by atoms with Crippen LogP contribution in [-0.2, 0) is 11.8 Å². The molecular formula is C9H13NO2S. The SMILES string of the molecule is COC(=O)c1c(S)c(C)n(C)c1C. The van der Waals surface area contributed by atoms with Gasteiger partial charge in [-0.25, -0.2) is 4.79 Å². The molecule has 0 aliphatic carbocycles. The molecule has 0 bridgehead atoms. The molecular weight excluding hydrogens is 186 g/mol. The lowest BCUT2D eigenvalue weighted by Gasteiger charge is -2.00. The maximum Gasteiger partial charge on any atom is 0.340 e.